The van der Waals surface area contributed by atoms with Crippen LogP contribution in [0.1, 0.15) is 36.0 Å². The Balaban J connectivity index is 1.90. The number of pyridine rings is 1. The molecule has 18 heavy (non-hydrogen) atoms. The van der Waals surface area contributed by atoms with Gasteiger partial charge < -0.3 is 10.4 Å². The Morgan fingerprint density at radius 1 is 1.50 bits per heavy atom. The Morgan fingerprint density at radius 3 is 3.00 bits per heavy atom. The number of amides is 1. The van der Waals surface area contributed by atoms with Crippen LogP contribution in [0.2, 0.25) is 0 Å². The summed E-state index contributed by atoms with van der Waals surface area (Å²) in [5.74, 6) is 0.167. The molecule has 1 aliphatic rings. The average Bonchev–Trinajstić information content (AvgIpc) is 2.38. The molecular formula is C13H17BrN2O2. The Morgan fingerprint density at radius 2 is 2.28 bits per heavy atom. The summed E-state index contributed by atoms with van der Waals surface area (Å²) in [6.45, 7) is 0.649. The SMILES string of the molecule is O=C(NCC1CCCCC1Br)c1ccncc1O. The van der Waals surface area contributed by atoms with Crippen molar-refractivity contribution in [3.8, 4) is 5.75 Å². The van der Waals surface area contributed by atoms with Crippen LogP contribution < -0.4 is 5.32 Å². The smallest absolute Gasteiger partial charge is 0.255 e. The van der Waals surface area contributed by atoms with E-state index < -0.39 is 0 Å². The molecule has 2 atom stereocenters. The van der Waals surface area contributed by atoms with Gasteiger partial charge in [-0.1, -0.05) is 28.8 Å². The topological polar surface area (TPSA) is 62.2 Å². The normalized spacial score (nSPS) is 23.6. The molecule has 0 radical (unpaired) electrons. The fourth-order valence-corrected chi connectivity index (χ4v) is 3.06. The van der Waals surface area contributed by atoms with Crippen molar-refractivity contribution in [2.45, 2.75) is 30.5 Å². The van der Waals surface area contributed by atoms with Crippen molar-refractivity contribution >= 4 is 21.8 Å². The maximum absolute atomic E-state index is 11.9. The summed E-state index contributed by atoms with van der Waals surface area (Å²) >= 11 is 3.66. The lowest BCUT2D eigenvalue weighted by Crippen LogP contribution is -2.34. The fourth-order valence-electron chi connectivity index (χ4n) is 2.29. The minimum absolute atomic E-state index is 0.0750. The van der Waals surface area contributed by atoms with Crippen LogP contribution >= 0.6 is 15.9 Å². The second-order valence-electron chi connectivity index (χ2n) is 4.66. The molecule has 1 amide bonds. The number of hydrogen-bond donors (Lipinski definition) is 2. The highest BCUT2D eigenvalue weighted by molar-refractivity contribution is 9.09. The number of alkyl halides is 1. The molecule has 0 bridgehead atoms. The minimum atomic E-state index is -0.236. The fraction of sp³-hybridized carbons (Fsp3) is 0.538. The number of aromatic nitrogens is 1. The van der Waals surface area contributed by atoms with Crippen molar-refractivity contribution in [2.24, 2.45) is 5.92 Å². The van der Waals surface area contributed by atoms with Crippen molar-refractivity contribution in [1.29, 1.82) is 0 Å². The second kappa shape index (κ2) is 6.18. The molecule has 0 spiro atoms. The van der Waals surface area contributed by atoms with Crippen molar-refractivity contribution in [3.63, 3.8) is 0 Å². The van der Waals surface area contributed by atoms with Crippen LogP contribution in [0.5, 0.6) is 5.75 Å². The van der Waals surface area contributed by atoms with Crippen molar-refractivity contribution < 1.29 is 9.90 Å². The molecule has 0 saturated heterocycles. The highest BCUT2D eigenvalue weighted by atomic mass is 79.9. The number of rotatable bonds is 3. The zero-order chi connectivity index (χ0) is 13.0. The number of nitrogens with zero attached hydrogens (tertiary/aromatic N) is 1. The van der Waals surface area contributed by atoms with Gasteiger partial charge in [-0.25, -0.2) is 0 Å². The summed E-state index contributed by atoms with van der Waals surface area (Å²) in [4.78, 5) is 16.1. The van der Waals surface area contributed by atoms with E-state index in [9.17, 15) is 9.90 Å². The number of carbonyl (C=O) groups excluding carboxylic acids is 1. The minimum Gasteiger partial charge on any atom is -0.505 e. The summed E-state index contributed by atoms with van der Waals surface area (Å²) in [6.07, 6.45) is 7.57. The van der Waals surface area contributed by atoms with Crippen LogP contribution in [0.15, 0.2) is 18.5 Å². The first-order chi connectivity index (χ1) is 8.68. The van der Waals surface area contributed by atoms with E-state index in [4.69, 9.17) is 0 Å². The lowest BCUT2D eigenvalue weighted by Gasteiger charge is -2.27. The number of halogens is 1. The lowest BCUT2D eigenvalue weighted by atomic mass is 9.89. The van der Waals surface area contributed by atoms with E-state index in [0.29, 0.717) is 17.3 Å². The van der Waals surface area contributed by atoms with Gasteiger partial charge in [0.15, 0.2) is 0 Å². The van der Waals surface area contributed by atoms with E-state index in [0.717, 1.165) is 6.42 Å². The molecular weight excluding hydrogens is 296 g/mol. The van der Waals surface area contributed by atoms with Crippen LogP contribution in [0, 0.1) is 5.92 Å². The number of hydrogen-bond acceptors (Lipinski definition) is 3. The summed E-state index contributed by atoms with van der Waals surface area (Å²) in [6, 6.07) is 1.52. The second-order valence-corrected chi connectivity index (χ2v) is 5.84. The summed E-state index contributed by atoms with van der Waals surface area (Å²) < 4.78 is 0. The van der Waals surface area contributed by atoms with E-state index in [2.05, 4.69) is 26.2 Å². The monoisotopic (exact) mass is 312 g/mol. The van der Waals surface area contributed by atoms with Gasteiger partial charge in [0.1, 0.15) is 5.75 Å². The molecule has 1 aromatic heterocycles. The summed E-state index contributed by atoms with van der Waals surface area (Å²) in [5.41, 5.74) is 0.284. The third-order valence-corrected chi connectivity index (χ3v) is 4.59. The molecule has 98 valence electrons. The first-order valence-corrected chi connectivity index (χ1v) is 7.15. The Kier molecular flexibility index (Phi) is 4.58. The van der Waals surface area contributed by atoms with Gasteiger partial charge in [0.25, 0.3) is 5.91 Å². The standard InChI is InChI=1S/C13H17BrN2O2/c14-11-4-2-1-3-9(11)7-16-13(18)10-5-6-15-8-12(10)17/h5-6,8-9,11,17H,1-4,7H2,(H,16,18). The quantitative estimate of drug-likeness (QED) is 0.843. The average molecular weight is 313 g/mol. The van der Waals surface area contributed by atoms with Crippen molar-refractivity contribution in [1.82, 2.24) is 10.3 Å². The van der Waals surface area contributed by atoms with Crippen LogP contribution in [0.3, 0.4) is 0 Å². The maximum atomic E-state index is 11.9. The van der Waals surface area contributed by atoms with Crippen LogP contribution in [0.4, 0.5) is 0 Å². The Bertz CT molecular complexity index is 425. The molecule has 2 N–H and O–H groups in total. The predicted octanol–water partition coefficient (Wildman–Crippen LogP) is 2.47. The van der Waals surface area contributed by atoms with Gasteiger partial charge in [-0.3, -0.25) is 9.78 Å². The zero-order valence-electron chi connectivity index (χ0n) is 10.1. The first kappa shape index (κ1) is 13.3. The molecule has 1 fully saturated rings. The van der Waals surface area contributed by atoms with Gasteiger partial charge in [-0.05, 0) is 24.8 Å². The highest BCUT2D eigenvalue weighted by Gasteiger charge is 2.23. The van der Waals surface area contributed by atoms with Crippen LogP contribution in [0.25, 0.3) is 0 Å². The van der Waals surface area contributed by atoms with Gasteiger partial charge >= 0.3 is 0 Å². The summed E-state index contributed by atoms with van der Waals surface area (Å²) in [5, 5.41) is 12.4. The number of nitrogens with one attached hydrogen (secondary N) is 1. The Hall–Kier alpha value is -1.10. The molecule has 0 aromatic carbocycles. The molecule has 1 heterocycles. The van der Waals surface area contributed by atoms with Gasteiger partial charge in [0.2, 0.25) is 0 Å². The first-order valence-electron chi connectivity index (χ1n) is 6.23. The lowest BCUT2D eigenvalue weighted by molar-refractivity contribution is 0.0941. The van der Waals surface area contributed by atoms with E-state index in [1.807, 2.05) is 0 Å². The largest absolute Gasteiger partial charge is 0.505 e. The third-order valence-electron chi connectivity index (χ3n) is 3.39. The highest BCUT2D eigenvalue weighted by Crippen LogP contribution is 2.29. The van der Waals surface area contributed by atoms with Gasteiger partial charge in [-0.2, -0.15) is 0 Å². The number of aromatic hydroxyl groups is 1. The molecule has 2 rings (SSSR count). The van der Waals surface area contributed by atoms with E-state index in [1.165, 1.54) is 37.7 Å². The van der Waals surface area contributed by atoms with E-state index in [1.54, 1.807) is 0 Å². The molecule has 5 heteroatoms. The zero-order valence-corrected chi connectivity index (χ0v) is 11.7. The number of carbonyl (C=O) groups is 1. The van der Waals surface area contributed by atoms with E-state index in [-0.39, 0.29) is 17.2 Å². The predicted molar refractivity (Wildman–Crippen MR) is 72.9 cm³/mol. The molecule has 2 unspecified atom stereocenters. The van der Waals surface area contributed by atoms with Gasteiger partial charge in [-0.15, -0.1) is 0 Å². The summed E-state index contributed by atoms with van der Waals surface area (Å²) in [7, 11) is 0. The Labute approximate surface area is 115 Å². The maximum Gasteiger partial charge on any atom is 0.255 e. The van der Waals surface area contributed by atoms with Gasteiger partial charge in [0.05, 0.1) is 11.8 Å². The van der Waals surface area contributed by atoms with Gasteiger partial charge in [0, 0.05) is 17.6 Å². The third kappa shape index (κ3) is 3.22. The van der Waals surface area contributed by atoms with Crippen LogP contribution in [-0.4, -0.2) is 27.4 Å². The molecule has 1 aliphatic carbocycles. The molecule has 1 aromatic rings. The molecule has 4 nitrogen and oxygen atoms in total. The van der Waals surface area contributed by atoms with E-state index >= 15 is 0 Å². The van der Waals surface area contributed by atoms with Crippen LogP contribution in [-0.2, 0) is 0 Å². The molecule has 1 saturated carbocycles. The van der Waals surface area contributed by atoms with Crippen molar-refractivity contribution in [2.75, 3.05) is 6.54 Å². The molecule has 0 aliphatic heterocycles. The van der Waals surface area contributed by atoms with Crippen molar-refractivity contribution in [3.05, 3.63) is 24.0 Å².